The zero-order valence-electron chi connectivity index (χ0n) is 13.6. The fourth-order valence-electron chi connectivity index (χ4n) is 3.86. The Morgan fingerprint density at radius 2 is 1.92 bits per heavy atom. The van der Waals surface area contributed by atoms with Crippen LogP contribution in [0, 0.1) is 6.92 Å². The third-order valence-corrected chi connectivity index (χ3v) is 5.76. The van der Waals surface area contributed by atoms with Crippen molar-refractivity contribution in [1.29, 1.82) is 0 Å². The number of aliphatic hydroxyl groups is 1. The van der Waals surface area contributed by atoms with E-state index in [0.29, 0.717) is 18.5 Å². The fraction of sp³-hybridized carbons (Fsp3) is 0.444. The molecular weight excluding hydrogens is 322 g/mol. The van der Waals surface area contributed by atoms with E-state index in [2.05, 4.69) is 10.3 Å². The lowest BCUT2D eigenvalue weighted by molar-refractivity contribution is 0.0284. The highest BCUT2D eigenvalue weighted by Gasteiger charge is 2.43. The first-order valence-corrected chi connectivity index (χ1v) is 9.27. The quantitative estimate of drug-likeness (QED) is 0.897. The Morgan fingerprint density at radius 1 is 1.25 bits per heavy atom. The number of carbonyl (C=O) groups excluding carboxylic acids is 1. The van der Waals surface area contributed by atoms with Crippen LogP contribution in [-0.2, 0) is 0 Å². The molecule has 1 aromatic heterocycles. The number of nitrogens with zero attached hydrogens (tertiary/aromatic N) is 2. The second-order valence-electron chi connectivity index (χ2n) is 6.74. The molecule has 3 heterocycles. The molecule has 1 aromatic carbocycles. The largest absolute Gasteiger partial charge is 0.393 e. The van der Waals surface area contributed by atoms with Gasteiger partial charge in [0, 0.05) is 17.8 Å². The summed E-state index contributed by atoms with van der Waals surface area (Å²) in [6, 6.07) is 8.39. The van der Waals surface area contributed by atoms with Crippen molar-refractivity contribution in [3.8, 4) is 0 Å². The van der Waals surface area contributed by atoms with Gasteiger partial charge in [-0.05, 0) is 44.7 Å². The summed E-state index contributed by atoms with van der Waals surface area (Å²) in [6.07, 6.45) is 3.07. The molecule has 2 bridgehead atoms. The molecule has 24 heavy (non-hydrogen) atoms. The van der Waals surface area contributed by atoms with Gasteiger partial charge in [-0.1, -0.05) is 17.7 Å². The second-order valence-corrected chi connectivity index (χ2v) is 7.60. The zero-order chi connectivity index (χ0) is 16.7. The summed E-state index contributed by atoms with van der Waals surface area (Å²) in [7, 11) is 0. The van der Waals surface area contributed by atoms with Crippen LogP contribution < -0.4 is 5.32 Å². The maximum Gasteiger partial charge on any atom is 0.276 e. The van der Waals surface area contributed by atoms with Crippen molar-refractivity contribution in [1.82, 2.24) is 9.88 Å². The lowest BCUT2D eigenvalue weighted by atomic mass is 9.99. The van der Waals surface area contributed by atoms with Gasteiger partial charge >= 0.3 is 0 Å². The molecule has 2 unspecified atom stereocenters. The summed E-state index contributed by atoms with van der Waals surface area (Å²) in [4.78, 5) is 19.3. The van der Waals surface area contributed by atoms with Gasteiger partial charge in [-0.25, -0.2) is 4.98 Å². The lowest BCUT2D eigenvalue weighted by Crippen LogP contribution is -2.48. The molecular formula is C18H21N3O2S. The maximum atomic E-state index is 13.0. The zero-order valence-corrected chi connectivity index (χ0v) is 14.4. The molecule has 2 saturated heterocycles. The predicted molar refractivity (Wildman–Crippen MR) is 94.8 cm³/mol. The number of carbonyl (C=O) groups is 1. The van der Waals surface area contributed by atoms with E-state index in [4.69, 9.17) is 0 Å². The van der Waals surface area contributed by atoms with E-state index in [0.717, 1.165) is 23.5 Å². The van der Waals surface area contributed by atoms with Crippen LogP contribution in [0.5, 0.6) is 0 Å². The minimum absolute atomic E-state index is 0.00902. The van der Waals surface area contributed by atoms with Crippen molar-refractivity contribution < 1.29 is 9.90 Å². The molecule has 0 saturated carbocycles. The summed E-state index contributed by atoms with van der Waals surface area (Å²) in [5.74, 6) is -0.00902. The lowest BCUT2D eigenvalue weighted by Gasteiger charge is -2.36. The Kier molecular flexibility index (Phi) is 4.02. The van der Waals surface area contributed by atoms with E-state index in [9.17, 15) is 9.90 Å². The average Bonchev–Trinajstić information content (AvgIpc) is 3.12. The molecule has 2 aliphatic heterocycles. The minimum Gasteiger partial charge on any atom is -0.393 e. The van der Waals surface area contributed by atoms with Crippen LogP contribution in [0.1, 0.15) is 41.7 Å². The highest BCUT2D eigenvalue weighted by molar-refractivity contribution is 7.14. The number of hydrogen-bond donors (Lipinski definition) is 2. The molecule has 0 spiro atoms. The Morgan fingerprint density at radius 3 is 2.58 bits per heavy atom. The van der Waals surface area contributed by atoms with Crippen molar-refractivity contribution in [3.05, 3.63) is 41.0 Å². The van der Waals surface area contributed by atoms with E-state index >= 15 is 0 Å². The number of aryl methyl sites for hydroxylation is 1. The molecule has 5 nitrogen and oxygen atoms in total. The van der Waals surface area contributed by atoms with Gasteiger partial charge in [0.2, 0.25) is 0 Å². The minimum atomic E-state index is -0.271. The van der Waals surface area contributed by atoms with Crippen molar-refractivity contribution in [3.63, 3.8) is 0 Å². The van der Waals surface area contributed by atoms with Gasteiger partial charge in [-0.3, -0.25) is 4.79 Å². The highest BCUT2D eigenvalue weighted by atomic mass is 32.1. The molecule has 0 aliphatic carbocycles. The van der Waals surface area contributed by atoms with Crippen molar-refractivity contribution in [2.75, 3.05) is 5.32 Å². The van der Waals surface area contributed by atoms with Gasteiger partial charge in [0.25, 0.3) is 5.91 Å². The number of thiazole rings is 1. The first-order chi connectivity index (χ1) is 11.6. The summed E-state index contributed by atoms with van der Waals surface area (Å²) < 4.78 is 0. The van der Waals surface area contributed by atoms with Crippen LogP contribution in [0.25, 0.3) is 0 Å². The monoisotopic (exact) mass is 343 g/mol. The number of nitrogens with one attached hydrogen (secondary N) is 1. The van der Waals surface area contributed by atoms with Crippen LogP contribution in [0.2, 0.25) is 0 Å². The van der Waals surface area contributed by atoms with Gasteiger partial charge in [0.15, 0.2) is 5.69 Å². The maximum absolute atomic E-state index is 13.0. The van der Waals surface area contributed by atoms with Crippen molar-refractivity contribution in [2.24, 2.45) is 0 Å². The number of hydrogen-bond acceptors (Lipinski definition) is 5. The highest BCUT2D eigenvalue weighted by Crippen LogP contribution is 2.38. The predicted octanol–water partition coefficient (Wildman–Crippen LogP) is 3.32. The number of aliphatic hydroxyl groups excluding tert-OH is 1. The molecule has 2 fully saturated rings. The van der Waals surface area contributed by atoms with E-state index in [-0.39, 0.29) is 24.1 Å². The SMILES string of the molecule is Cc1ccc(Nc2scnc2C(=O)N2C3CCC2CC(O)C3)cc1. The van der Waals surface area contributed by atoms with Gasteiger partial charge < -0.3 is 15.3 Å². The third kappa shape index (κ3) is 2.80. The van der Waals surface area contributed by atoms with E-state index in [1.165, 1.54) is 16.9 Å². The number of piperidine rings is 1. The van der Waals surface area contributed by atoms with Crippen molar-refractivity contribution >= 4 is 27.9 Å². The normalized spacial score (nSPS) is 25.8. The molecule has 2 N–H and O–H groups in total. The summed E-state index contributed by atoms with van der Waals surface area (Å²) in [5, 5.41) is 14.0. The molecule has 0 radical (unpaired) electrons. The molecule has 6 heteroatoms. The Bertz CT molecular complexity index is 729. The van der Waals surface area contributed by atoms with Gasteiger partial charge in [-0.2, -0.15) is 0 Å². The molecule has 2 aromatic rings. The molecule has 1 amide bonds. The average molecular weight is 343 g/mol. The second kappa shape index (κ2) is 6.18. The van der Waals surface area contributed by atoms with Crippen LogP contribution >= 0.6 is 11.3 Å². The topological polar surface area (TPSA) is 65.5 Å². The molecule has 2 atom stereocenters. The van der Waals surface area contributed by atoms with E-state index in [1.807, 2.05) is 36.1 Å². The summed E-state index contributed by atoms with van der Waals surface area (Å²) in [5.41, 5.74) is 4.36. The van der Waals surface area contributed by atoms with Crippen LogP contribution in [0.4, 0.5) is 10.7 Å². The fourth-order valence-corrected chi connectivity index (χ4v) is 4.55. The van der Waals surface area contributed by atoms with Gasteiger partial charge in [-0.15, -0.1) is 11.3 Å². The number of anilines is 2. The molecule has 2 aliphatic rings. The molecule has 4 rings (SSSR count). The number of benzene rings is 1. The van der Waals surface area contributed by atoms with Crippen LogP contribution in [0.3, 0.4) is 0 Å². The van der Waals surface area contributed by atoms with Crippen LogP contribution in [0.15, 0.2) is 29.8 Å². The smallest absolute Gasteiger partial charge is 0.276 e. The first kappa shape index (κ1) is 15.6. The van der Waals surface area contributed by atoms with Crippen LogP contribution in [-0.4, -0.2) is 39.1 Å². The Balaban J connectivity index is 1.56. The van der Waals surface area contributed by atoms with E-state index in [1.54, 1.807) is 5.51 Å². The number of fused-ring (bicyclic) bond motifs is 2. The van der Waals surface area contributed by atoms with Crippen molar-refractivity contribution in [2.45, 2.75) is 50.8 Å². The number of amides is 1. The molecule has 126 valence electrons. The summed E-state index contributed by atoms with van der Waals surface area (Å²) in [6.45, 7) is 2.05. The first-order valence-electron chi connectivity index (χ1n) is 8.39. The van der Waals surface area contributed by atoms with E-state index < -0.39 is 0 Å². The number of rotatable bonds is 3. The third-order valence-electron chi connectivity index (χ3n) is 5.02. The summed E-state index contributed by atoms with van der Waals surface area (Å²) >= 11 is 1.45. The van der Waals surface area contributed by atoms with Gasteiger partial charge in [0.1, 0.15) is 5.00 Å². The standard InChI is InChI=1S/C18H21N3O2S/c1-11-2-4-12(5-3-11)20-17-16(19-10-24-17)18(23)21-13-6-7-14(21)9-15(22)8-13/h2-5,10,13-15,20,22H,6-9H2,1H3. The van der Waals surface area contributed by atoms with Gasteiger partial charge in [0.05, 0.1) is 11.6 Å². The number of aromatic nitrogens is 1. The Labute approximate surface area is 145 Å². The Hall–Kier alpha value is -1.92.